The van der Waals surface area contributed by atoms with Crippen molar-refractivity contribution in [1.29, 1.82) is 0 Å². The number of primary amides is 1. The molecule has 17 heavy (non-hydrogen) atoms. The molecule has 1 aromatic heterocycles. The number of aromatic nitrogens is 2. The highest BCUT2D eigenvalue weighted by Crippen LogP contribution is 2.10. The van der Waals surface area contributed by atoms with Crippen LogP contribution in [0.25, 0.3) is 0 Å². The van der Waals surface area contributed by atoms with Crippen LogP contribution in [0, 0.1) is 0 Å². The van der Waals surface area contributed by atoms with Crippen molar-refractivity contribution in [1.82, 2.24) is 9.55 Å². The molecule has 0 saturated heterocycles. The number of rotatable bonds is 4. The molecule has 88 valence electrons. The number of carbonyl (C=O) groups excluding carboxylic acids is 1. The molecule has 0 saturated carbocycles. The van der Waals surface area contributed by atoms with Gasteiger partial charge in [0.2, 0.25) is 5.91 Å². The summed E-state index contributed by atoms with van der Waals surface area (Å²) in [6, 6.07) is 7.57. The van der Waals surface area contributed by atoms with Crippen molar-refractivity contribution in [2.45, 2.75) is 13.0 Å². The molecule has 1 amide bonds. The third-order valence-corrected chi connectivity index (χ3v) is 2.47. The molecule has 1 heterocycles. The van der Waals surface area contributed by atoms with E-state index in [1.165, 1.54) is 0 Å². The predicted octanol–water partition coefficient (Wildman–Crippen LogP) is 0.541. The monoisotopic (exact) mass is 230 g/mol. The molecule has 0 spiro atoms. The summed E-state index contributed by atoms with van der Waals surface area (Å²) in [5.74, 6) is 0.440. The maximum atomic E-state index is 10.9. The number of anilines is 1. The van der Waals surface area contributed by atoms with E-state index in [4.69, 9.17) is 11.5 Å². The second-order valence-electron chi connectivity index (χ2n) is 3.86. The van der Waals surface area contributed by atoms with Crippen molar-refractivity contribution in [3.8, 4) is 0 Å². The Morgan fingerprint density at radius 3 is 2.65 bits per heavy atom. The van der Waals surface area contributed by atoms with E-state index < -0.39 is 0 Å². The fraction of sp³-hybridized carbons (Fsp3) is 0.167. The van der Waals surface area contributed by atoms with Gasteiger partial charge in [0.15, 0.2) is 0 Å². The number of hydrogen-bond acceptors (Lipinski definition) is 3. The van der Waals surface area contributed by atoms with Gasteiger partial charge in [-0.3, -0.25) is 4.79 Å². The number of hydrogen-bond donors (Lipinski definition) is 2. The zero-order valence-electron chi connectivity index (χ0n) is 9.34. The summed E-state index contributed by atoms with van der Waals surface area (Å²) < 4.78 is 1.75. The highest BCUT2D eigenvalue weighted by Gasteiger charge is 2.06. The van der Waals surface area contributed by atoms with Crippen molar-refractivity contribution < 1.29 is 4.79 Å². The largest absolute Gasteiger partial charge is 0.399 e. The molecule has 0 aliphatic heterocycles. The van der Waals surface area contributed by atoms with Gasteiger partial charge in [0.1, 0.15) is 12.4 Å². The van der Waals surface area contributed by atoms with Gasteiger partial charge in [0.25, 0.3) is 0 Å². The molecule has 5 heteroatoms. The number of nitrogens with two attached hydrogens (primary N) is 2. The Kier molecular flexibility index (Phi) is 3.09. The molecule has 2 rings (SSSR count). The predicted molar refractivity (Wildman–Crippen MR) is 65.1 cm³/mol. The molecule has 0 fully saturated rings. The summed E-state index contributed by atoms with van der Waals surface area (Å²) in [7, 11) is 0. The standard InChI is InChI=1S/C12H14N4O/c13-10-3-1-9(2-4-10)7-12-15-5-6-16(12)8-11(14)17/h1-6H,7-8,13H2,(H2,14,17). The third-order valence-electron chi connectivity index (χ3n) is 2.47. The van der Waals surface area contributed by atoms with Crippen LogP contribution in [0.5, 0.6) is 0 Å². The van der Waals surface area contributed by atoms with Gasteiger partial charge in [0, 0.05) is 24.5 Å². The molecule has 0 aliphatic rings. The first-order valence-corrected chi connectivity index (χ1v) is 5.28. The average Bonchev–Trinajstić information content (AvgIpc) is 2.68. The van der Waals surface area contributed by atoms with E-state index in [1.54, 1.807) is 17.0 Å². The number of benzene rings is 1. The minimum absolute atomic E-state index is 0.157. The van der Waals surface area contributed by atoms with Crippen LogP contribution in [-0.2, 0) is 17.8 Å². The first-order valence-electron chi connectivity index (χ1n) is 5.28. The lowest BCUT2D eigenvalue weighted by molar-refractivity contribution is -0.118. The van der Waals surface area contributed by atoms with Crippen LogP contribution in [0.1, 0.15) is 11.4 Å². The molecule has 1 aromatic carbocycles. The lowest BCUT2D eigenvalue weighted by Crippen LogP contribution is -2.19. The lowest BCUT2D eigenvalue weighted by Gasteiger charge is -2.05. The van der Waals surface area contributed by atoms with Crippen LogP contribution in [-0.4, -0.2) is 15.5 Å². The molecular formula is C12H14N4O. The molecule has 4 N–H and O–H groups in total. The summed E-state index contributed by atoms with van der Waals surface area (Å²) in [6.07, 6.45) is 4.06. The van der Waals surface area contributed by atoms with Crippen LogP contribution in [0.15, 0.2) is 36.7 Å². The average molecular weight is 230 g/mol. The minimum Gasteiger partial charge on any atom is -0.399 e. The first-order chi connectivity index (χ1) is 8.15. The van der Waals surface area contributed by atoms with E-state index in [9.17, 15) is 4.79 Å². The maximum Gasteiger partial charge on any atom is 0.237 e. The second-order valence-corrected chi connectivity index (χ2v) is 3.86. The van der Waals surface area contributed by atoms with Crippen LogP contribution < -0.4 is 11.5 Å². The highest BCUT2D eigenvalue weighted by atomic mass is 16.1. The fourth-order valence-corrected chi connectivity index (χ4v) is 1.64. The van der Waals surface area contributed by atoms with E-state index in [2.05, 4.69) is 4.98 Å². The van der Waals surface area contributed by atoms with Crippen LogP contribution >= 0.6 is 0 Å². The van der Waals surface area contributed by atoms with Crippen molar-refractivity contribution in [3.63, 3.8) is 0 Å². The molecular weight excluding hydrogens is 216 g/mol. The van der Waals surface area contributed by atoms with Gasteiger partial charge in [-0.1, -0.05) is 12.1 Å². The molecule has 0 unspecified atom stereocenters. The van der Waals surface area contributed by atoms with Crippen LogP contribution in [0.3, 0.4) is 0 Å². The van der Waals surface area contributed by atoms with E-state index >= 15 is 0 Å². The van der Waals surface area contributed by atoms with Crippen molar-refractivity contribution in [2.75, 3.05) is 5.73 Å². The van der Waals surface area contributed by atoms with E-state index in [0.717, 1.165) is 17.1 Å². The van der Waals surface area contributed by atoms with E-state index in [0.29, 0.717) is 6.42 Å². The normalized spacial score (nSPS) is 10.4. The Hall–Kier alpha value is -2.30. The van der Waals surface area contributed by atoms with Crippen molar-refractivity contribution in [2.24, 2.45) is 5.73 Å². The van der Waals surface area contributed by atoms with Crippen molar-refractivity contribution in [3.05, 3.63) is 48.0 Å². The zero-order chi connectivity index (χ0) is 12.3. The van der Waals surface area contributed by atoms with Gasteiger partial charge in [-0.25, -0.2) is 4.98 Å². The lowest BCUT2D eigenvalue weighted by atomic mass is 10.1. The van der Waals surface area contributed by atoms with E-state index in [-0.39, 0.29) is 12.5 Å². The minimum atomic E-state index is -0.374. The van der Waals surface area contributed by atoms with Crippen molar-refractivity contribution >= 4 is 11.6 Å². The highest BCUT2D eigenvalue weighted by molar-refractivity contribution is 5.73. The van der Waals surface area contributed by atoms with Crippen LogP contribution in [0.4, 0.5) is 5.69 Å². The fourth-order valence-electron chi connectivity index (χ4n) is 1.64. The number of amides is 1. The molecule has 5 nitrogen and oxygen atoms in total. The topological polar surface area (TPSA) is 86.9 Å². The summed E-state index contributed by atoms with van der Waals surface area (Å²) in [5.41, 5.74) is 12.6. The van der Waals surface area contributed by atoms with Gasteiger partial charge in [-0.05, 0) is 17.7 Å². The zero-order valence-corrected chi connectivity index (χ0v) is 9.34. The third kappa shape index (κ3) is 2.84. The molecule has 2 aromatic rings. The number of nitrogens with zero attached hydrogens (tertiary/aromatic N) is 2. The summed E-state index contributed by atoms with van der Waals surface area (Å²) in [4.78, 5) is 15.1. The SMILES string of the molecule is NC(=O)Cn1ccnc1Cc1ccc(N)cc1. The Balaban J connectivity index is 2.15. The number of carbonyl (C=O) groups is 1. The molecule has 0 radical (unpaired) electrons. The summed E-state index contributed by atoms with van der Waals surface area (Å²) in [6.45, 7) is 0.157. The first kappa shape index (κ1) is 11.2. The molecule has 0 bridgehead atoms. The number of imidazole rings is 1. The van der Waals surface area contributed by atoms with Gasteiger partial charge >= 0.3 is 0 Å². The Bertz CT molecular complexity index is 516. The van der Waals surface area contributed by atoms with Gasteiger partial charge < -0.3 is 16.0 Å². The smallest absolute Gasteiger partial charge is 0.237 e. The molecule has 0 atom stereocenters. The summed E-state index contributed by atoms with van der Waals surface area (Å²) >= 11 is 0. The maximum absolute atomic E-state index is 10.9. The number of nitrogen functional groups attached to an aromatic ring is 1. The Morgan fingerprint density at radius 1 is 1.29 bits per heavy atom. The van der Waals surface area contributed by atoms with Gasteiger partial charge in [0.05, 0.1) is 0 Å². The van der Waals surface area contributed by atoms with Gasteiger partial charge in [-0.15, -0.1) is 0 Å². The van der Waals surface area contributed by atoms with Crippen LogP contribution in [0.2, 0.25) is 0 Å². The van der Waals surface area contributed by atoms with Gasteiger partial charge in [-0.2, -0.15) is 0 Å². The molecule has 0 aliphatic carbocycles. The Morgan fingerprint density at radius 2 is 2.00 bits per heavy atom. The second kappa shape index (κ2) is 4.69. The quantitative estimate of drug-likeness (QED) is 0.751. The Labute approximate surface area is 99.1 Å². The van der Waals surface area contributed by atoms with E-state index in [1.807, 2.05) is 24.3 Å². The summed E-state index contributed by atoms with van der Waals surface area (Å²) in [5, 5.41) is 0.